The van der Waals surface area contributed by atoms with Gasteiger partial charge < -0.3 is 14.0 Å². The summed E-state index contributed by atoms with van der Waals surface area (Å²) in [6.45, 7) is 4.00. The predicted molar refractivity (Wildman–Crippen MR) is 87.8 cm³/mol. The molecule has 0 N–H and O–H groups in total. The highest BCUT2D eigenvalue weighted by atomic mass is 16.5. The number of aryl methyl sites for hydroxylation is 1. The van der Waals surface area contributed by atoms with Crippen molar-refractivity contribution in [2.45, 2.75) is 43.9 Å². The maximum absolute atomic E-state index is 5.64. The van der Waals surface area contributed by atoms with Gasteiger partial charge >= 0.3 is 0 Å². The van der Waals surface area contributed by atoms with E-state index in [9.17, 15) is 0 Å². The molecule has 2 aromatic heterocycles. The second kappa shape index (κ2) is 6.26. The highest BCUT2D eigenvalue weighted by Gasteiger charge is 2.39. The molecule has 0 atom stereocenters. The summed E-state index contributed by atoms with van der Waals surface area (Å²) in [4.78, 5) is 9.46. The average molecular weight is 329 g/mol. The molecule has 0 unspecified atom stereocenters. The first-order valence-electron chi connectivity index (χ1n) is 8.61. The summed E-state index contributed by atoms with van der Waals surface area (Å²) in [7, 11) is 1.72. The van der Waals surface area contributed by atoms with Crippen LogP contribution in [0.2, 0.25) is 0 Å². The first-order chi connectivity index (χ1) is 11.7. The van der Waals surface area contributed by atoms with Crippen molar-refractivity contribution in [3.8, 4) is 11.5 Å². The fourth-order valence-electron chi connectivity index (χ4n) is 3.44. The molecular formula is C18H23N3O3. The molecule has 0 aromatic carbocycles. The molecule has 0 spiro atoms. The number of hydrogen-bond donors (Lipinski definition) is 0. The molecule has 2 aliphatic rings. The predicted octanol–water partition coefficient (Wildman–Crippen LogP) is 3.01. The lowest BCUT2D eigenvalue weighted by molar-refractivity contribution is 0.00915. The largest absolute Gasteiger partial charge is 0.384 e. The lowest BCUT2D eigenvalue weighted by Crippen LogP contribution is -2.39. The summed E-state index contributed by atoms with van der Waals surface area (Å²) in [5.74, 6) is 1.83. The lowest BCUT2D eigenvalue weighted by atomic mass is 9.80. The zero-order valence-electron chi connectivity index (χ0n) is 14.2. The molecule has 0 radical (unpaired) electrons. The van der Waals surface area contributed by atoms with E-state index in [4.69, 9.17) is 24.0 Å². The Morgan fingerprint density at radius 2 is 2.00 bits per heavy atom. The van der Waals surface area contributed by atoms with E-state index >= 15 is 0 Å². The van der Waals surface area contributed by atoms with Gasteiger partial charge in [0.25, 0.3) is 5.89 Å². The number of methoxy groups -OCH3 is 1. The first-order valence-corrected chi connectivity index (χ1v) is 8.61. The van der Waals surface area contributed by atoms with E-state index in [-0.39, 0.29) is 5.41 Å². The summed E-state index contributed by atoms with van der Waals surface area (Å²) in [5.41, 5.74) is 2.88. The Hall–Kier alpha value is -1.79. The van der Waals surface area contributed by atoms with Gasteiger partial charge in [0, 0.05) is 31.9 Å². The third kappa shape index (κ3) is 2.84. The lowest BCUT2D eigenvalue weighted by Gasteiger charge is -2.33. The monoisotopic (exact) mass is 329 g/mol. The Balaban J connectivity index is 1.70. The van der Waals surface area contributed by atoms with Crippen LogP contribution in [0.1, 0.15) is 48.8 Å². The van der Waals surface area contributed by atoms with Gasteiger partial charge in [-0.3, -0.25) is 4.98 Å². The SMILES string of the molecule is COCC1(c2noc(-c3ccc(C)nc3C3CC3)n2)CCOCC1. The van der Waals surface area contributed by atoms with Crippen LogP contribution in [0.4, 0.5) is 0 Å². The third-order valence-corrected chi connectivity index (χ3v) is 5.03. The molecular weight excluding hydrogens is 306 g/mol. The van der Waals surface area contributed by atoms with E-state index in [0.717, 1.165) is 35.6 Å². The molecule has 2 fully saturated rings. The van der Waals surface area contributed by atoms with E-state index in [1.165, 1.54) is 12.8 Å². The van der Waals surface area contributed by atoms with Crippen LogP contribution in [0, 0.1) is 6.92 Å². The number of nitrogens with zero attached hydrogens (tertiary/aromatic N) is 3. The summed E-state index contributed by atoms with van der Waals surface area (Å²) < 4.78 is 16.6. The third-order valence-electron chi connectivity index (χ3n) is 5.03. The summed E-state index contributed by atoms with van der Waals surface area (Å²) >= 11 is 0. The van der Waals surface area contributed by atoms with Crippen molar-refractivity contribution in [3.63, 3.8) is 0 Å². The molecule has 1 aliphatic carbocycles. The van der Waals surface area contributed by atoms with Crippen molar-refractivity contribution >= 4 is 0 Å². The number of rotatable bonds is 5. The second-order valence-electron chi connectivity index (χ2n) is 6.91. The van der Waals surface area contributed by atoms with Gasteiger partial charge in [-0.05, 0) is 44.7 Å². The molecule has 6 nitrogen and oxygen atoms in total. The van der Waals surface area contributed by atoms with Gasteiger partial charge in [0.2, 0.25) is 0 Å². The van der Waals surface area contributed by atoms with Crippen LogP contribution >= 0.6 is 0 Å². The Morgan fingerprint density at radius 1 is 1.21 bits per heavy atom. The average Bonchev–Trinajstić information content (AvgIpc) is 3.32. The van der Waals surface area contributed by atoms with E-state index in [1.54, 1.807) is 7.11 Å². The summed E-state index contributed by atoms with van der Waals surface area (Å²) in [6.07, 6.45) is 4.08. The van der Waals surface area contributed by atoms with E-state index < -0.39 is 0 Å². The smallest absolute Gasteiger partial charge is 0.259 e. The fraction of sp³-hybridized carbons (Fsp3) is 0.611. The number of aromatic nitrogens is 3. The van der Waals surface area contributed by atoms with Crippen LogP contribution in [0.5, 0.6) is 0 Å². The van der Waals surface area contributed by atoms with Crippen molar-refractivity contribution in [2.75, 3.05) is 26.9 Å². The molecule has 0 amide bonds. The molecule has 6 heteroatoms. The van der Waals surface area contributed by atoms with Gasteiger partial charge in [0.15, 0.2) is 5.82 Å². The van der Waals surface area contributed by atoms with Crippen LogP contribution in [0.25, 0.3) is 11.5 Å². The van der Waals surface area contributed by atoms with Crippen molar-refractivity contribution in [3.05, 3.63) is 29.3 Å². The Bertz CT molecular complexity index is 713. The minimum Gasteiger partial charge on any atom is -0.384 e. The highest BCUT2D eigenvalue weighted by Crippen LogP contribution is 2.43. The van der Waals surface area contributed by atoms with Crippen LogP contribution in [0.15, 0.2) is 16.7 Å². The van der Waals surface area contributed by atoms with Crippen molar-refractivity contribution in [2.24, 2.45) is 0 Å². The standard InChI is InChI=1S/C18H23N3O3/c1-12-3-6-14(15(19-12)13-4-5-13)16-20-17(21-24-16)18(11-22-2)7-9-23-10-8-18/h3,6,13H,4-5,7-11H2,1-2H3. The molecule has 3 heterocycles. The van der Waals surface area contributed by atoms with Crippen molar-refractivity contribution in [1.29, 1.82) is 0 Å². The molecule has 1 aliphatic heterocycles. The molecule has 2 aromatic rings. The van der Waals surface area contributed by atoms with E-state index in [1.807, 2.05) is 13.0 Å². The maximum Gasteiger partial charge on any atom is 0.259 e. The highest BCUT2D eigenvalue weighted by molar-refractivity contribution is 5.58. The molecule has 4 rings (SSSR count). The van der Waals surface area contributed by atoms with Gasteiger partial charge in [-0.1, -0.05) is 5.16 Å². The number of ether oxygens (including phenoxy) is 2. The Morgan fingerprint density at radius 3 is 2.71 bits per heavy atom. The van der Waals surface area contributed by atoms with Crippen LogP contribution in [0.3, 0.4) is 0 Å². The Labute approximate surface area is 141 Å². The van der Waals surface area contributed by atoms with E-state index in [0.29, 0.717) is 31.6 Å². The zero-order valence-corrected chi connectivity index (χ0v) is 14.2. The minimum absolute atomic E-state index is 0.216. The summed E-state index contributed by atoms with van der Waals surface area (Å²) in [6, 6.07) is 4.06. The zero-order chi connectivity index (χ0) is 16.6. The van der Waals surface area contributed by atoms with Crippen LogP contribution < -0.4 is 0 Å². The second-order valence-corrected chi connectivity index (χ2v) is 6.91. The minimum atomic E-state index is -0.216. The molecule has 1 saturated heterocycles. The van der Waals surface area contributed by atoms with Gasteiger partial charge in [0.05, 0.1) is 23.3 Å². The fourth-order valence-corrected chi connectivity index (χ4v) is 3.44. The van der Waals surface area contributed by atoms with Gasteiger partial charge in [-0.15, -0.1) is 0 Å². The van der Waals surface area contributed by atoms with Gasteiger partial charge in [-0.25, -0.2) is 0 Å². The van der Waals surface area contributed by atoms with Gasteiger partial charge in [0.1, 0.15) is 0 Å². The van der Waals surface area contributed by atoms with Crippen molar-refractivity contribution in [1.82, 2.24) is 15.1 Å². The molecule has 128 valence electrons. The number of pyridine rings is 1. The first kappa shape index (κ1) is 15.7. The Kier molecular flexibility index (Phi) is 4.10. The van der Waals surface area contributed by atoms with Crippen molar-refractivity contribution < 1.29 is 14.0 Å². The van der Waals surface area contributed by atoms with E-state index in [2.05, 4.69) is 11.2 Å². The quantitative estimate of drug-likeness (QED) is 0.840. The van der Waals surface area contributed by atoms with Crippen LogP contribution in [-0.2, 0) is 14.9 Å². The van der Waals surface area contributed by atoms with Crippen LogP contribution in [-0.4, -0.2) is 42.1 Å². The summed E-state index contributed by atoms with van der Waals surface area (Å²) in [5, 5.41) is 4.30. The molecule has 0 bridgehead atoms. The molecule has 1 saturated carbocycles. The maximum atomic E-state index is 5.64. The normalized spacial score (nSPS) is 20.2. The molecule has 24 heavy (non-hydrogen) atoms. The topological polar surface area (TPSA) is 70.3 Å². The number of hydrogen-bond acceptors (Lipinski definition) is 6. The van der Waals surface area contributed by atoms with Gasteiger partial charge in [-0.2, -0.15) is 4.98 Å².